The lowest BCUT2D eigenvalue weighted by molar-refractivity contribution is -0.137. The van der Waals surface area contributed by atoms with Crippen molar-refractivity contribution in [1.82, 2.24) is 10.6 Å². The third-order valence-corrected chi connectivity index (χ3v) is 3.78. The molecular formula is C17H22F3N3S. The van der Waals surface area contributed by atoms with Crippen LogP contribution >= 0.6 is 11.8 Å². The number of hydrogen-bond acceptors (Lipinski definition) is 2. The van der Waals surface area contributed by atoms with Gasteiger partial charge in [0.15, 0.2) is 5.96 Å². The molecule has 0 spiro atoms. The average molecular weight is 357 g/mol. The van der Waals surface area contributed by atoms with E-state index in [9.17, 15) is 13.2 Å². The lowest BCUT2D eigenvalue weighted by Gasteiger charge is -2.09. The summed E-state index contributed by atoms with van der Waals surface area (Å²) >= 11 is 1.83. The number of rotatable bonds is 6. The second-order valence-corrected chi connectivity index (χ2v) is 5.91. The van der Waals surface area contributed by atoms with Gasteiger partial charge in [0, 0.05) is 19.2 Å². The van der Waals surface area contributed by atoms with Crippen molar-refractivity contribution in [2.45, 2.75) is 19.0 Å². The molecule has 0 unspecified atom stereocenters. The molecule has 24 heavy (non-hydrogen) atoms. The highest BCUT2D eigenvalue weighted by atomic mass is 32.2. The Balaban J connectivity index is 2.37. The summed E-state index contributed by atoms with van der Waals surface area (Å²) in [5.74, 6) is 7.50. The Morgan fingerprint density at radius 1 is 1.17 bits per heavy atom. The van der Waals surface area contributed by atoms with Crippen molar-refractivity contribution in [2.75, 3.05) is 32.1 Å². The van der Waals surface area contributed by atoms with Crippen LogP contribution in [0.25, 0.3) is 0 Å². The van der Waals surface area contributed by atoms with Crippen molar-refractivity contribution >= 4 is 17.7 Å². The third kappa shape index (κ3) is 8.16. The molecule has 1 rings (SSSR count). The van der Waals surface area contributed by atoms with Gasteiger partial charge in [-0.05, 0) is 49.1 Å². The van der Waals surface area contributed by atoms with Crippen molar-refractivity contribution in [3.63, 3.8) is 0 Å². The van der Waals surface area contributed by atoms with Crippen LogP contribution in [0.2, 0.25) is 0 Å². The molecular weight excluding hydrogens is 335 g/mol. The number of nitrogens with one attached hydrogen (secondary N) is 2. The number of hydrogen-bond donors (Lipinski definition) is 2. The summed E-state index contributed by atoms with van der Waals surface area (Å²) < 4.78 is 37.4. The van der Waals surface area contributed by atoms with E-state index in [4.69, 9.17) is 0 Å². The number of benzene rings is 1. The molecule has 0 bridgehead atoms. The van der Waals surface area contributed by atoms with Crippen LogP contribution in [0.1, 0.15) is 24.0 Å². The number of unbranched alkanes of at least 4 members (excludes halogenated alkanes) is 1. The zero-order valence-corrected chi connectivity index (χ0v) is 14.7. The highest BCUT2D eigenvalue weighted by Gasteiger charge is 2.29. The molecule has 2 N–H and O–H groups in total. The van der Waals surface area contributed by atoms with E-state index < -0.39 is 11.7 Å². The van der Waals surface area contributed by atoms with Gasteiger partial charge in [0.1, 0.15) is 0 Å². The summed E-state index contributed by atoms with van der Waals surface area (Å²) in [6.07, 6.45) is -0.0115. The molecule has 3 nitrogen and oxygen atoms in total. The average Bonchev–Trinajstić information content (AvgIpc) is 2.56. The Morgan fingerprint density at radius 2 is 1.88 bits per heavy atom. The summed E-state index contributed by atoms with van der Waals surface area (Å²) in [5.41, 5.74) is -0.123. The van der Waals surface area contributed by atoms with Crippen molar-refractivity contribution in [1.29, 1.82) is 0 Å². The van der Waals surface area contributed by atoms with Gasteiger partial charge in [-0.15, -0.1) is 0 Å². The fourth-order valence-electron chi connectivity index (χ4n) is 1.82. The summed E-state index contributed by atoms with van der Waals surface area (Å²) in [6, 6.07) is 4.81. The summed E-state index contributed by atoms with van der Waals surface area (Å²) in [4.78, 5) is 4.09. The first-order valence-corrected chi connectivity index (χ1v) is 8.96. The predicted octanol–water partition coefficient (Wildman–Crippen LogP) is 3.37. The number of guanidine groups is 1. The normalized spacial score (nSPS) is 11.6. The smallest absolute Gasteiger partial charge is 0.356 e. The van der Waals surface area contributed by atoms with E-state index in [1.807, 2.05) is 11.8 Å². The SMILES string of the molecule is CN=C(NCC#Cc1ccc(C(F)(F)F)cc1)NCCCCSC. The largest absolute Gasteiger partial charge is 0.416 e. The first-order valence-electron chi connectivity index (χ1n) is 7.57. The van der Waals surface area contributed by atoms with Crippen LogP contribution < -0.4 is 10.6 Å². The van der Waals surface area contributed by atoms with E-state index in [1.54, 1.807) is 7.05 Å². The molecule has 0 aliphatic heterocycles. The van der Waals surface area contributed by atoms with Crippen LogP contribution in [0.5, 0.6) is 0 Å². The molecule has 0 aliphatic rings. The number of aliphatic imine (C=N–C) groups is 1. The first kappa shape index (κ1) is 20.2. The van der Waals surface area contributed by atoms with Gasteiger partial charge in [-0.1, -0.05) is 11.8 Å². The predicted molar refractivity (Wildman–Crippen MR) is 95.3 cm³/mol. The Kier molecular flexibility index (Phi) is 9.16. The van der Waals surface area contributed by atoms with E-state index >= 15 is 0 Å². The number of alkyl halides is 3. The van der Waals surface area contributed by atoms with E-state index in [1.165, 1.54) is 12.1 Å². The lowest BCUT2D eigenvalue weighted by Crippen LogP contribution is -2.37. The molecule has 0 fully saturated rings. The highest BCUT2D eigenvalue weighted by Crippen LogP contribution is 2.28. The minimum absolute atomic E-state index is 0.367. The fourth-order valence-corrected chi connectivity index (χ4v) is 2.31. The van der Waals surface area contributed by atoms with Gasteiger partial charge in [-0.25, -0.2) is 0 Å². The second kappa shape index (κ2) is 10.9. The minimum Gasteiger partial charge on any atom is -0.356 e. The molecule has 0 saturated carbocycles. The van der Waals surface area contributed by atoms with Gasteiger partial charge in [0.05, 0.1) is 12.1 Å². The Bertz CT molecular complexity index is 571. The quantitative estimate of drug-likeness (QED) is 0.355. The third-order valence-electron chi connectivity index (χ3n) is 3.08. The zero-order chi connectivity index (χ0) is 17.8. The number of halogens is 3. The highest BCUT2D eigenvalue weighted by molar-refractivity contribution is 7.98. The van der Waals surface area contributed by atoms with E-state index in [2.05, 4.69) is 33.7 Å². The topological polar surface area (TPSA) is 36.4 Å². The molecule has 0 heterocycles. The summed E-state index contributed by atoms with van der Waals surface area (Å²) in [7, 11) is 1.68. The molecule has 0 aliphatic carbocycles. The number of thioether (sulfide) groups is 1. The fraction of sp³-hybridized carbons (Fsp3) is 0.471. The molecule has 1 aromatic carbocycles. The standard InChI is InChI=1S/C17H22F3N3S/c1-21-16(22-11-3-4-13-24-2)23-12-5-6-14-7-9-15(10-8-14)17(18,19)20/h7-10H,3-4,11-13H2,1-2H3,(H2,21,22,23). The van der Waals surface area contributed by atoms with Crippen LogP contribution in [0.15, 0.2) is 29.3 Å². The van der Waals surface area contributed by atoms with Crippen molar-refractivity contribution in [3.8, 4) is 11.8 Å². The van der Waals surface area contributed by atoms with Gasteiger partial charge in [0.25, 0.3) is 0 Å². The van der Waals surface area contributed by atoms with Gasteiger partial charge in [-0.2, -0.15) is 24.9 Å². The van der Waals surface area contributed by atoms with Crippen LogP contribution in [0.3, 0.4) is 0 Å². The van der Waals surface area contributed by atoms with Gasteiger partial charge in [-0.3, -0.25) is 4.99 Å². The van der Waals surface area contributed by atoms with Crippen LogP contribution in [0.4, 0.5) is 13.2 Å². The zero-order valence-electron chi connectivity index (χ0n) is 13.8. The van der Waals surface area contributed by atoms with Crippen molar-refractivity contribution in [2.24, 2.45) is 4.99 Å². The first-order chi connectivity index (χ1) is 11.5. The molecule has 132 valence electrons. The maximum absolute atomic E-state index is 12.5. The van der Waals surface area contributed by atoms with E-state index in [-0.39, 0.29) is 0 Å². The maximum Gasteiger partial charge on any atom is 0.416 e. The Morgan fingerprint density at radius 3 is 2.46 bits per heavy atom. The lowest BCUT2D eigenvalue weighted by atomic mass is 10.1. The van der Waals surface area contributed by atoms with Crippen molar-refractivity contribution in [3.05, 3.63) is 35.4 Å². The van der Waals surface area contributed by atoms with Crippen LogP contribution in [0, 0.1) is 11.8 Å². The van der Waals surface area contributed by atoms with Gasteiger partial charge >= 0.3 is 6.18 Å². The molecule has 0 atom stereocenters. The molecule has 1 aromatic rings. The molecule has 0 saturated heterocycles. The second-order valence-electron chi connectivity index (χ2n) is 4.93. The molecule has 7 heteroatoms. The Hall–Kier alpha value is -1.81. The minimum atomic E-state index is -4.32. The maximum atomic E-state index is 12.5. The van der Waals surface area contributed by atoms with Crippen LogP contribution in [-0.2, 0) is 6.18 Å². The van der Waals surface area contributed by atoms with Gasteiger partial charge in [0.2, 0.25) is 0 Å². The van der Waals surface area contributed by atoms with Crippen LogP contribution in [-0.4, -0.2) is 38.1 Å². The monoisotopic (exact) mass is 357 g/mol. The summed E-state index contributed by atoms with van der Waals surface area (Å²) in [5, 5.41) is 6.23. The Labute approximate surface area is 145 Å². The van der Waals surface area contributed by atoms with E-state index in [0.29, 0.717) is 18.1 Å². The molecule has 0 aromatic heterocycles. The van der Waals surface area contributed by atoms with E-state index in [0.717, 1.165) is 37.3 Å². The molecule has 0 amide bonds. The summed E-state index contributed by atoms with van der Waals surface area (Å²) in [6.45, 7) is 1.21. The molecule has 0 radical (unpaired) electrons. The van der Waals surface area contributed by atoms with Crippen molar-refractivity contribution < 1.29 is 13.2 Å². The van der Waals surface area contributed by atoms with Gasteiger partial charge < -0.3 is 10.6 Å². The number of nitrogens with zero attached hydrogens (tertiary/aromatic N) is 1.